The summed E-state index contributed by atoms with van der Waals surface area (Å²) in [6.07, 6.45) is 6.13. The quantitative estimate of drug-likeness (QED) is 0.591. The lowest BCUT2D eigenvalue weighted by atomic mass is 9.86. The molecule has 3 rings (SSSR count). The SMILES string of the molecule is Cc1nn([C@@H]2CCS(=O)(=O)C2)c(Cl)c1/C=C(\C#N)C(=O)N[C@@H]1CCCC[C@@H]1C. The zero-order valence-electron chi connectivity index (χ0n) is 16.1. The molecule has 2 heterocycles. The van der Waals surface area contributed by atoms with Crippen LogP contribution in [0.4, 0.5) is 0 Å². The molecule has 0 aromatic carbocycles. The lowest BCUT2D eigenvalue weighted by Crippen LogP contribution is -2.41. The third kappa shape index (κ3) is 4.41. The Labute approximate surface area is 170 Å². The molecule has 1 aromatic rings. The Balaban J connectivity index is 1.82. The lowest BCUT2D eigenvalue weighted by Gasteiger charge is -2.29. The summed E-state index contributed by atoms with van der Waals surface area (Å²) in [5, 5.41) is 17.1. The average molecular weight is 425 g/mol. The number of amides is 1. The van der Waals surface area contributed by atoms with Gasteiger partial charge in [-0.05, 0) is 38.2 Å². The minimum Gasteiger partial charge on any atom is -0.348 e. The molecule has 0 unspecified atom stereocenters. The molecule has 7 nitrogen and oxygen atoms in total. The molecule has 1 aromatic heterocycles. The second-order valence-corrected chi connectivity index (χ2v) is 10.4. The van der Waals surface area contributed by atoms with Crippen molar-refractivity contribution in [2.45, 2.75) is 58.0 Å². The molecule has 1 amide bonds. The van der Waals surface area contributed by atoms with Gasteiger partial charge in [-0.3, -0.25) is 4.79 Å². The first kappa shape index (κ1) is 20.9. The molecule has 152 valence electrons. The number of carbonyl (C=O) groups is 1. The normalized spacial score (nSPS) is 27.4. The van der Waals surface area contributed by atoms with Gasteiger partial charge in [-0.15, -0.1) is 0 Å². The highest BCUT2D eigenvalue weighted by molar-refractivity contribution is 7.91. The van der Waals surface area contributed by atoms with Gasteiger partial charge >= 0.3 is 0 Å². The highest BCUT2D eigenvalue weighted by Crippen LogP contribution is 2.31. The maximum Gasteiger partial charge on any atom is 0.262 e. The van der Waals surface area contributed by atoms with Crippen molar-refractivity contribution >= 4 is 33.4 Å². The molecule has 2 aliphatic rings. The number of carbonyl (C=O) groups excluding carboxylic acids is 1. The van der Waals surface area contributed by atoms with Gasteiger partial charge in [0.1, 0.15) is 16.8 Å². The van der Waals surface area contributed by atoms with E-state index in [2.05, 4.69) is 17.3 Å². The first-order valence-electron chi connectivity index (χ1n) is 9.59. The minimum absolute atomic E-state index is 0.00214. The van der Waals surface area contributed by atoms with Gasteiger partial charge in [0.2, 0.25) is 0 Å². The summed E-state index contributed by atoms with van der Waals surface area (Å²) in [6.45, 7) is 3.84. The third-order valence-corrected chi connectivity index (χ3v) is 7.83. The van der Waals surface area contributed by atoms with Crippen LogP contribution in [0.3, 0.4) is 0 Å². The van der Waals surface area contributed by atoms with Crippen LogP contribution in [0.1, 0.15) is 56.3 Å². The molecular weight excluding hydrogens is 400 g/mol. The topological polar surface area (TPSA) is 105 Å². The van der Waals surface area contributed by atoms with Gasteiger partial charge in [-0.2, -0.15) is 10.4 Å². The molecule has 0 spiro atoms. The average Bonchev–Trinajstić information content (AvgIpc) is 3.14. The maximum absolute atomic E-state index is 12.6. The number of aromatic nitrogens is 2. The summed E-state index contributed by atoms with van der Waals surface area (Å²) in [7, 11) is -3.08. The molecule has 2 fully saturated rings. The first-order valence-corrected chi connectivity index (χ1v) is 11.8. The summed E-state index contributed by atoms with van der Waals surface area (Å²) < 4.78 is 25.0. The van der Waals surface area contributed by atoms with E-state index in [0.29, 0.717) is 23.6 Å². The van der Waals surface area contributed by atoms with E-state index in [1.165, 1.54) is 17.2 Å². The lowest BCUT2D eigenvalue weighted by molar-refractivity contribution is -0.118. The van der Waals surface area contributed by atoms with Crippen molar-refractivity contribution in [1.82, 2.24) is 15.1 Å². The van der Waals surface area contributed by atoms with Crippen molar-refractivity contribution < 1.29 is 13.2 Å². The fourth-order valence-corrected chi connectivity index (χ4v) is 6.04. The Morgan fingerprint density at radius 3 is 2.68 bits per heavy atom. The zero-order valence-corrected chi connectivity index (χ0v) is 17.7. The van der Waals surface area contributed by atoms with Crippen LogP contribution >= 0.6 is 11.6 Å². The van der Waals surface area contributed by atoms with Crippen LogP contribution in [0.25, 0.3) is 6.08 Å². The molecule has 3 atom stereocenters. The Bertz CT molecular complexity index is 945. The van der Waals surface area contributed by atoms with E-state index in [4.69, 9.17) is 11.6 Å². The summed E-state index contributed by atoms with van der Waals surface area (Å²) >= 11 is 6.44. The highest BCUT2D eigenvalue weighted by atomic mass is 35.5. The van der Waals surface area contributed by atoms with Crippen molar-refractivity contribution in [2.75, 3.05) is 11.5 Å². The number of nitrogens with one attached hydrogen (secondary N) is 1. The number of hydrogen-bond acceptors (Lipinski definition) is 5. The monoisotopic (exact) mass is 424 g/mol. The van der Waals surface area contributed by atoms with E-state index >= 15 is 0 Å². The molecule has 1 N–H and O–H groups in total. The number of halogens is 1. The molecule has 0 bridgehead atoms. The van der Waals surface area contributed by atoms with E-state index in [9.17, 15) is 18.5 Å². The van der Waals surface area contributed by atoms with Gasteiger partial charge in [-0.25, -0.2) is 13.1 Å². The Hall–Kier alpha value is -1.85. The predicted octanol–water partition coefficient (Wildman–Crippen LogP) is 2.81. The van der Waals surface area contributed by atoms with E-state index in [1.54, 1.807) is 6.92 Å². The number of nitriles is 1. The van der Waals surface area contributed by atoms with Crippen LogP contribution in [-0.2, 0) is 14.6 Å². The number of hydrogen-bond donors (Lipinski definition) is 1. The maximum atomic E-state index is 12.6. The van der Waals surface area contributed by atoms with Gasteiger partial charge in [0.05, 0.1) is 23.2 Å². The highest BCUT2D eigenvalue weighted by Gasteiger charge is 2.32. The van der Waals surface area contributed by atoms with Gasteiger partial charge in [0.25, 0.3) is 5.91 Å². The third-order valence-electron chi connectivity index (χ3n) is 5.71. The summed E-state index contributed by atoms with van der Waals surface area (Å²) in [5.41, 5.74) is 1.01. The number of nitrogens with zero attached hydrogens (tertiary/aromatic N) is 3. The largest absolute Gasteiger partial charge is 0.348 e. The molecule has 1 saturated heterocycles. The van der Waals surface area contributed by atoms with Crippen molar-refractivity contribution in [1.29, 1.82) is 5.26 Å². The summed E-state index contributed by atoms with van der Waals surface area (Å²) in [5.74, 6) is 0.0917. The van der Waals surface area contributed by atoms with E-state index in [-0.39, 0.29) is 34.3 Å². The zero-order chi connectivity index (χ0) is 20.5. The summed E-state index contributed by atoms with van der Waals surface area (Å²) in [6, 6.07) is 1.71. The molecule has 1 aliphatic heterocycles. The Morgan fingerprint density at radius 1 is 1.36 bits per heavy atom. The van der Waals surface area contributed by atoms with Crippen LogP contribution in [-0.4, -0.2) is 41.7 Å². The molecule has 1 saturated carbocycles. The van der Waals surface area contributed by atoms with Crippen molar-refractivity contribution in [2.24, 2.45) is 5.92 Å². The van der Waals surface area contributed by atoms with Gasteiger partial charge < -0.3 is 5.32 Å². The van der Waals surface area contributed by atoms with Gasteiger partial charge in [-0.1, -0.05) is 31.4 Å². The van der Waals surface area contributed by atoms with Crippen LogP contribution < -0.4 is 5.32 Å². The molecule has 1 aliphatic carbocycles. The van der Waals surface area contributed by atoms with E-state index < -0.39 is 15.7 Å². The molecule has 9 heteroatoms. The Kier molecular flexibility index (Phi) is 6.15. The second kappa shape index (κ2) is 8.26. The molecule has 28 heavy (non-hydrogen) atoms. The number of sulfone groups is 1. The molecular formula is C19H25ClN4O3S. The van der Waals surface area contributed by atoms with Crippen LogP contribution in [0.15, 0.2) is 5.57 Å². The fraction of sp³-hybridized carbons (Fsp3) is 0.632. The van der Waals surface area contributed by atoms with E-state index in [1.807, 2.05) is 6.07 Å². The number of rotatable bonds is 4. The number of aryl methyl sites for hydroxylation is 1. The predicted molar refractivity (Wildman–Crippen MR) is 107 cm³/mol. The standard InChI is InChI=1S/C19H25ClN4O3S/c1-12-5-3-4-6-17(12)22-19(25)14(10-21)9-16-13(2)23-24(18(16)20)15-7-8-28(26,27)11-15/h9,12,15,17H,3-8,11H2,1-2H3,(H,22,25)/b14-9+/t12-,15+,17+/m0/s1. The second-order valence-electron chi connectivity index (χ2n) is 7.80. The first-order chi connectivity index (χ1) is 13.2. The molecule has 0 radical (unpaired) electrons. The van der Waals surface area contributed by atoms with Crippen LogP contribution in [0.5, 0.6) is 0 Å². The Morgan fingerprint density at radius 2 is 2.07 bits per heavy atom. The van der Waals surface area contributed by atoms with Gasteiger partial charge in [0, 0.05) is 11.6 Å². The van der Waals surface area contributed by atoms with Crippen LogP contribution in [0.2, 0.25) is 5.15 Å². The van der Waals surface area contributed by atoms with Gasteiger partial charge in [0.15, 0.2) is 9.84 Å². The minimum atomic E-state index is -3.08. The van der Waals surface area contributed by atoms with E-state index in [0.717, 1.165) is 19.3 Å². The fourth-order valence-electron chi connectivity index (χ4n) is 3.98. The van der Waals surface area contributed by atoms with Crippen molar-refractivity contribution in [3.63, 3.8) is 0 Å². The van der Waals surface area contributed by atoms with Crippen LogP contribution in [0, 0.1) is 24.2 Å². The smallest absolute Gasteiger partial charge is 0.262 e. The van der Waals surface area contributed by atoms with Crippen molar-refractivity contribution in [3.05, 3.63) is 22.0 Å². The van der Waals surface area contributed by atoms with Crippen molar-refractivity contribution in [3.8, 4) is 6.07 Å². The summed E-state index contributed by atoms with van der Waals surface area (Å²) in [4.78, 5) is 12.6.